The van der Waals surface area contributed by atoms with Gasteiger partial charge in [-0.3, -0.25) is 25.2 Å². The summed E-state index contributed by atoms with van der Waals surface area (Å²) in [4.78, 5) is 36.2. The average molecular weight is 368 g/mol. The molecule has 2 amide bonds. The van der Waals surface area contributed by atoms with Gasteiger partial charge in [-0.25, -0.2) is 0 Å². The molecule has 27 heavy (non-hydrogen) atoms. The van der Waals surface area contributed by atoms with E-state index in [9.17, 15) is 14.4 Å². The molecular weight excluding hydrogens is 344 g/mol. The maximum Gasteiger partial charge on any atom is 0.269 e. The minimum absolute atomic E-state index is 0.0147. The van der Waals surface area contributed by atoms with Crippen LogP contribution in [0.2, 0.25) is 0 Å². The molecule has 0 aliphatic carbocycles. The van der Waals surface area contributed by atoms with Crippen molar-refractivity contribution in [3.63, 3.8) is 0 Å². The zero-order chi connectivity index (χ0) is 19.8. The van der Waals surface area contributed by atoms with E-state index in [2.05, 4.69) is 10.9 Å². The molecule has 0 unspecified atom stereocenters. The zero-order valence-corrected chi connectivity index (χ0v) is 15.8. The van der Waals surface area contributed by atoms with Gasteiger partial charge in [0.15, 0.2) is 5.78 Å². The number of ether oxygens (including phenoxy) is 1. The Morgan fingerprint density at radius 2 is 1.63 bits per heavy atom. The lowest BCUT2D eigenvalue weighted by Crippen LogP contribution is -2.41. The summed E-state index contributed by atoms with van der Waals surface area (Å²) in [6, 6.07) is 12.2. The van der Waals surface area contributed by atoms with E-state index in [-0.39, 0.29) is 18.6 Å². The summed E-state index contributed by atoms with van der Waals surface area (Å²) in [6.07, 6.45) is 0.0401. The molecule has 0 bridgehead atoms. The Morgan fingerprint density at radius 1 is 0.926 bits per heavy atom. The van der Waals surface area contributed by atoms with E-state index in [0.717, 1.165) is 11.1 Å². The van der Waals surface area contributed by atoms with Crippen LogP contribution in [0.4, 0.5) is 0 Å². The van der Waals surface area contributed by atoms with Gasteiger partial charge in [-0.15, -0.1) is 0 Å². The molecule has 0 atom stereocenters. The van der Waals surface area contributed by atoms with Crippen molar-refractivity contribution in [2.45, 2.75) is 33.6 Å². The number of aryl methyl sites for hydroxylation is 2. The second kappa shape index (κ2) is 9.52. The maximum absolute atomic E-state index is 12.1. The highest BCUT2D eigenvalue weighted by Gasteiger charge is 2.12. The summed E-state index contributed by atoms with van der Waals surface area (Å²) in [5, 5.41) is 0. The maximum atomic E-state index is 12.1. The number of rotatable bonds is 7. The number of amides is 2. The van der Waals surface area contributed by atoms with Crippen LogP contribution < -0.4 is 15.6 Å². The molecule has 0 aliphatic rings. The van der Waals surface area contributed by atoms with Gasteiger partial charge in [-0.2, -0.15) is 0 Å². The zero-order valence-electron chi connectivity index (χ0n) is 15.8. The first-order valence-corrected chi connectivity index (χ1v) is 8.83. The highest BCUT2D eigenvalue weighted by atomic mass is 16.5. The van der Waals surface area contributed by atoms with Gasteiger partial charge >= 0.3 is 0 Å². The molecular formula is C21H24N2O4. The summed E-state index contributed by atoms with van der Waals surface area (Å²) < 4.78 is 5.33. The van der Waals surface area contributed by atoms with Crippen LogP contribution in [-0.4, -0.2) is 24.2 Å². The Kier molecular flexibility index (Phi) is 7.11. The fourth-order valence-corrected chi connectivity index (χ4v) is 2.60. The minimum atomic E-state index is -0.424. The molecule has 142 valence electrons. The van der Waals surface area contributed by atoms with E-state index in [4.69, 9.17) is 4.74 Å². The summed E-state index contributed by atoms with van der Waals surface area (Å²) in [6.45, 7) is 6.22. The molecule has 2 aromatic rings. The van der Waals surface area contributed by atoms with Crippen LogP contribution in [-0.2, 0) is 4.79 Å². The van der Waals surface area contributed by atoms with Crippen molar-refractivity contribution in [2.75, 3.05) is 6.61 Å². The van der Waals surface area contributed by atoms with Crippen LogP contribution in [0.3, 0.4) is 0 Å². The lowest BCUT2D eigenvalue weighted by molar-refractivity contribution is -0.121. The molecule has 6 heteroatoms. The third kappa shape index (κ3) is 5.95. The Bertz CT molecular complexity index is 829. The van der Waals surface area contributed by atoms with Gasteiger partial charge in [-0.05, 0) is 56.7 Å². The van der Waals surface area contributed by atoms with Crippen molar-refractivity contribution < 1.29 is 19.1 Å². The van der Waals surface area contributed by atoms with E-state index < -0.39 is 11.8 Å². The summed E-state index contributed by atoms with van der Waals surface area (Å²) in [5.41, 5.74) is 7.62. The predicted molar refractivity (Wildman–Crippen MR) is 103 cm³/mol. The van der Waals surface area contributed by atoms with Gasteiger partial charge in [0.25, 0.3) is 5.91 Å². The smallest absolute Gasteiger partial charge is 0.269 e. The molecule has 2 rings (SSSR count). The lowest BCUT2D eigenvalue weighted by atomic mass is 10.1. The highest BCUT2D eigenvalue weighted by molar-refractivity contribution is 5.99. The van der Waals surface area contributed by atoms with Crippen LogP contribution in [0.5, 0.6) is 5.75 Å². The predicted octanol–water partition coefficient (Wildman–Crippen LogP) is 3.13. The number of carbonyl (C=O) groups excluding carboxylic acids is 3. The Labute approximate surface area is 158 Å². The van der Waals surface area contributed by atoms with Gasteiger partial charge in [0.05, 0.1) is 6.61 Å². The minimum Gasteiger partial charge on any atom is -0.494 e. The number of benzene rings is 2. The number of hydrogen-bond acceptors (Lipinski definition) is 4. The standard InChI is InChI=1S/C21H24N2O4/c1-4-27-17-8-6-16(7-9-17)19(24)11-12-20(25)22-23-21(26)18-10-5-14(2)13-15(18)3/h5-10,13H,4,11-12H2,1-3H3,(H,22,25)(H,23,26). The Balaban J connectivity index is 1.80. The third-order valence-electron chi connectivity index (χ3n) is 4.01. The fraction of sp³-hybridized carbons (Fsp3) is 0.286. The van der Waals surface area contributed by atoms with Crippen LogP contribution in [0, 0.1) is 13.8 Å². The van der Waals surface area contributed by atoms with Crippen LogP contribution in [0.15, 0.2) is 42.5 Å². The van der Waals surface area contributed by atoms with E-state index in [1.165, 1.54) is 0 Å². The number of hydrazine groups is 1. The molecule has 0 saturated carbocycles. The molecule has 0 saturated heterocycles. The van der Waals surface area contributed by atoms with Crippen molar-refractivity contribution in [2.24, 2.45) is 0 Å². The molecule has 0 heterocycles. The molecule has 0 aliphatic heterocycles. The largest absolute Gasteiger partial charge is 0.494 e. The van der Waals surface area contributed by atoms with Crippen LogP contribution >= 0.6 is 0 Å². The topological polar surface area (TPSA) is 84.5 Å². The highest BCUT2D eigenvalue weighted by Crippen LogP contribution is 2.14. The first-order valence-electron chi connectivity index (χ1n) is 8.83. The number of Topliss-reactive ketones (excluding diaryl/α,β-unsaturated/α-hetero) is 1. The summed E-state index contributed by atoms with van der Waals surface area (Å²) in [5.74, 6) is -0.263. The molecule has 0 aromatic heterocycles. The molecule has 2 aromatic carbocycles. The molecule has 2 N–H and O–H groups in total. The summed E-state index contributed by atoms with van der Waals surface area (Å²) in [7, 11) is 0. The van der Waals surface area contributed by atoms with Gasteiger partial charge < -0.3 is 4.74 Å². The van der Waals surface area contributed by atoms with E-state index in [1.807, 2.05) is 32.9 Å². The molecule has 6 nitrogen and oxygen atoms in total. The number of ketones is 1. The first kappa shape index (κ1) is 20.2. The number of carbonyl (C=O) groups is 3. The second-order valence-electron chi connectivity index (χ2n) is 6.20. The van der Waals surface area contributed by atoms with Gasteiger partial charge in [0.1, 0.15) is 5.75 Å². The lowest BCUT2D eigenvalue weighted by Gasteiger charge is -2.09. The van der Waals surface area contributed by atoms with Crippen molar-refractivity contribution in [3.05, 3.63) is 64.7 Å². The van der Waals surface area contributed by atoms with Gasteiger partial charge in [0.2, 0.25) is 5.91 Å². The number of hydrogen-bond donors (Lipinski definition) is 2. The Hall–Kier alpha value is -3.15. The first-order chi connectivity index (χ1) is 12.9. The van der Waals surface area contributed by atoms with E-state index in [0.29, 0.717) is 23.5 Å². The van der Waals surface area contributed by atoms with Gasteiger partial charge in [0, 0.05) is 24.0 Å². The monoisotopic (exact) mass is 368 g/mol. The molecule has 0 spiro atoms. The molecule has 0 radical (unpaired) electrons. The van der Waals surface area contributed by atoms with Crippen LogP contribution in [0.1, 0.15) is 51.6 Å². The van der Waals surface area contributed by atoms with Gasteiger partial charge in [-0.1, -0.05) is 17.7 Å². The third-order valence-corrected chi connectivity index (χ3v) is 4.01. The SMILES string of the molecule is CCOc1ccc(C(=O)CCC(=O)NNC(=O)c2ccc(C)cc2C)cc1. The normalized spacial score (nSPS) is 10.2. The van der Waals surface area contributed by atoms with Crippen molar-refractivity contribution >= 4 is 17.6 Å². The van der Waals surface area contributed by atoms with E-state index >= 15 is 0 Å². The van der Waals surface area contributed by atoms with Crippen molar-refractivity contribution in [1.82, 2.24) is 10.9 Å². The van der Waals surface area contributed by atoms with Crippen molar-refractivity contribution in [1.29, 1.82) is 0 Å². The summed E-state index contributed by atoms with van der Waals surface area (Å²) >= 11 is 0. The molecule has 0 fully saturated rings. The Morgan fingerprint density at radius 3 is 2.26 bits per heavy atom. The quantitative estimate of drug-likeness (QED) is 0.581. The second-order valence-corrected chi connectivity index (χ2v) is 6.20. The van der Waals surface area contributed by atoms with Crippen molar-refractivity contribution in [3.8, 4) is 5.75 Å². The number of nitrogens with one attached hydrogen (secondary N) is 2. The fourth-order valence-electron chi connectivity index (χ4n) is 2.60. The average Bonchev–Trinajstić information content (AvgIpc) is 2.65. The van der Waals surface area contributed by atoms with Crippen LogP contribution in [0.25, 0.3) is 0 Å². The van der Waals surface area contributed by atoms with E-state index in [1.54, 1.807) is 30.3 Å².